The lowest BCUT2D eigenvalue weighted by atomic mass is 10.2. The van der Waals surface area contributed by atoms with Crippen LogP contribution in [0.1, 0.15) is 16.3 Å². The van der Waals surface area contributed by atoms with Crippen LogP contribution < -0.4 is 0 Å². The van der Waals surface area contributed by atoms with Gasteiger partial charge in [0.25, 0.3) is 0 Å². The molecule has 0 aliphatic heterocycles. The molecule has 0 atom stereocenters. The lowest BCUT2D eigenvalue weighted by molar-refractivity contribution is 0.787. The molecule has 20 heavy (non-hydrogen) atoms. The summed E-state index contributed by atoms with van der Waals surface area (Å²) >= 11 is 9.49. The molecule has 0 aliphatic carbocycles. The van der Waals surface area contributed by atoms with Crippen molar-refractivity contribution in [3.63, 3.8) is 0 Å². The molecule has 0 amide bonds. The first-order valence-electron chi connectivity index (χ1n) is 5.95. The molecule has 0 radical (unpaired) electrons. The molecule has 3 aromatic heterocycles. The zero-order valence-electron chi connectivity index (χ0n) is 11.2. The van der Waals surface area contributed by atoms with Gasteiger partial charge in [0.1, 0.15) is 22.1 Å². The summed E-state index contributed by atoms with van der Waals surface area (Å²) in [4.78, 5) is 11.2. The summed E-state index contributed by atoms with van der Waals surface area (Å²) < 4.78 is 1.87. The van der Waals surface area contributed by atoms with E-state index in [4.69, 9.17) is 11.6 Å². The average molecular weight is 326 g/mol. The molecule has 5 nitrogen and oxygen atoms in total. The van der Waals surface area contributed by atoms with Crippen LogP contribution in [-0.4, -0.2) is 24.7 Å². The SMILES string of the molecule is Cc1sc2nc(CSc3nncn3C)nc(Cl)c2c1C. The fourth-order valence-corrected chi connectivity index (χ4v) is 4.01. The molecule has 0 unspecified atom stereocenters. The molecule has 0 saturated carbocycles. The Morgan fingerprint density at radius 1 is 1.35 bits per heavy atom. The standard InChI is InChI=1S/C12H12ClN5S2/c1-6-7(2)20-11-9(6)10(13)15-8(16-11)4-19-12-17-14-5-18(12)3/h5H,4H2,1-3H3. The van der Waals surface area contributed by atoms with E-state index in [2.05, 4.69) is 34.0 Å². The molecule has 3 aromatic rings. The fourth-order valence-electron chi connectivity index (χ4n) is 1.84. The lowest BCUT2D eigenvalue weighted by Crippen LogP contribution is -1.95. The second-order valence-corrected chi connectivity index (χ2v) is 6.91. The Morgan fingerprint density at radius 2 is 2.15 bits per heavy atom. The van der Waals surface area contributed by atoms with Crippen molar-refractivity contribution in [2.45, 2.75) is 24.8 Å². The number of fused-ring (bicyclic) bond motifs is 1. The van der Waals surface area contributed by atoms with E-state index in [-0.39, 0.29) is 0 Å². The summed E-state index contributed by atoms with van der Waals surface area (Å²) in [6.07, 6.45) is 1.67. The molecule has 0 bridgehead atoms. The van der Waals surface area contributed by atoms with Crippen LogP contribution in [0.2, 0.25) is 5.15 Å². The normalized spacial score (nSPS) is 11.4. The first-order valence-corrected chi connectivity index (χ1v) is 8.13. The topological polar surface area (TPSA) is 56.5 Å². The van der Waals surface area contributed by atoms with Gasteiger partial charge in [-0.15, -0.1) is 21.5 Å². The van der Waals surface area contributed by atoms with Crippen molar-refractivity contribution in [1.82, 2.24) is 24.7 Å². The fraction of sp³-hybridized carbons (Fsp3) is 0.333. The van der Waals surface area contributed by atoms with Crippen molar-refractivity contribution < 1.29 is 0 Å². The van der Waals surface area contributed by atoms with Gasteiger partial charge in [0, 0.05) is 11.9 Å². The van der Waals surface area contributed by atoms with Gasteiger partial charge in [-0.1, -0.05) is 23.4 Å². The number of rotatable bonds is 3. The number of nitrogens with zero attached hydrogens (tertiary/aromatic N) is 5. The summed E-state index contributed by atoms with van der Waals surface area (Å²) in [5, 5.41) is 10.2. The second-order valence-electron chi connectivity index (χ2n) is 4.41. The highest BCUT2D eigenvalue weighted by Gasteiger charge is 2.13. The summed E-state index contributed by atoms with van der Waals surface area (Å²) in [5.74, 6) is 1.34. The molecule has 8 heteroatoms. The van der Waals surface area contributed by atoms with Crippen molar-refractivity contribution in [2.75, 3.05) is 0 Å². The minimum Gasteiger partial charge on any atom is -0.312 e. The second kappa shape index (κ2) is 5.31. The van der Waals surface area contributed by atoms with Gasteiger partial charge in [-0.25, -0.2) is 9.97 Å². The molecule has 104 valence electrons. The molecule has 3 rings (SSSR count). The van der Waals surface area contributed by atoms with E-state index in [1.54, 1.807) is 29.4 Å². The van der Waals surface area contributed by atoms with Crippen molar-refractivity contribution in [3.05, 3.63) is 27.7 Å². The summed E-state index contributed by atoms with van der Waals surface area (Å²) in [7, 11) is 1.91. The number of hydrogen-bond acceptors (Lipinski definition) is 6. The van der Waals surface area contributed by atoms with Crippen LogP contribution in [0.3, 0.4) is 0 Å². The monoisotopic (exact) mass is 325 g/mol. The maximum atomic E-state index is 6.29. The number of halogens is 1. The largest absolute Gasteiger partial charge is 0.312 e. The maximum absolute atomic E-state index is 6.29. The van der Waals surface area contributed by atoms with Gasteiger partial charge in [-0.3, -0.25) is 0 Å². The van der Waals surface area contributed by atoms with Crippen molar-refractivity contribution in [1.29, 1.82) is 0 Å². The maximum Gasteiger partial charge on any atom is 0.191 e. The zero-order valence-corrected chi connectivity index (χ0v) is 13.6. The molecular formula is C12H12ClN5S2. The number of aryl methyl sites for hydroxylation is 3. The first kappa shape index (κ1) is 13.8. The average Bonchev–Trinajstić information content (AvgIpc) is 2.92. The van der Waals surface area contributed by atoms with Crippen molar-refractivity contribution in [3.8, 4) is 0 Å². The van der Waals surface area contributed by atoms with E-state index in [1.165, 1.54) is 10.4 Å². The molecule has 0 saturated heterocycles. The highest BCUT2D eigenvalue weighted by atomic mass is 35.5. The van der Waals surface area contributed by atoms with Crippen LogP contribution in [-0.2, 0) is 12.8 Å². The number of hydrogen-bond donors (Lipinski definition) is 0. The van der Waals surface area contributed by atoms with Crippen LogP contribution in [0, 0.1) is 13.8 Å². The number of thiophene rings is 1. The van der Waals surface area contributed by atoms with Gasteiger partial charge < -0.3 is 4.57 Å². The Balaban J connectivity index is 1.91. The van der Waals surface area contributed by atoms with E-state index >= 15 is 0 Å². The molecule has 0 spiro atoms. The van der Waals surface area contributed by atoms with Crippen molar-refractivity contribution in [2.24, 2.45) is 7.05 Å². The van der Waals surface area contributed by atoms with Crippen LogP contribution in [0.15, 0.2) is 11.5 Å². The first-order chi connectivity index (χ1) is 9.56. The van der Waals surface area contributed by atoms with E-state index in [9.17, 15) is 0 Å². The summed E-state index contributed by atoms with van der Waals surface area (Å²) in [6, 6.07) is 0. The zero-order chi connectivity index (χ0) is 14.3. The number of aromatic nitrogens is 5. The van der Waals surface area contributed by atoms with Gasteiger partial charge in [-0.05, 0) is 19.4 Å². The smallest absolute Gasteiger partial charge is 0.191 e. The van der Waals surface area contributed by atoms with Gasteiger partial charge in [-0.2, -0.15) is 0 Å². The Morgan fingerprint density at radius 3 is 2.85 bits per heavy atom. The third-order valence-electron chi connectivity index (χ3n) is 3.03. The minimum atomic E-state index is 0.533. The van der Waals surface area contributed by atoms with Crippen LogP contribution >= 0.6 is 34.7 Å². The summed E-state index contributed by atoms with van der Waals surface area (Å²) in [5.41, 5.74) is 1.17. The van der Waals surface area contributed by atoms with E-state index in [0.717, 1.165) is 21.2 Å². The van der Waals surface area contributed by atoms with Crippen LogP contribution in [0.5, 0.6) is 0 Å². The van der Waals surface area contributed by atoms with Crippen LogP contribution in [0.4, 0.5) is 0 Å². The highest BCUT2D eigenvalue weighted by Crippen LogP contribution is 2.33. The Kier molecular flexibility index (Phi) is 3.66. The summed E-state index contributed by atoms with van der Waals surface area (Å²) in [6.45, 7) is 4.13. The van der Waals surface area contributed by atoms with E-state index in [0.29, 0.717) is 10.9 Å². The lowest BCUT2D eigenvalue weighted by Gasteiger charge is -2.02. The number of thioether (sulfide) groups is 1. The minimum absolute atomic E-state index is 0.533. The van der Waals surface area contributed by atoms with Crippen molar-refractivity contribution >= 4 is 44.9 Å². The van der Waals surface area contributed by atoms with Crippen LogP contribution in [0.25, 0.3) is 10.2 Å². The van der Waals surface area contributed by atoms with Gasteiger partial charge >= 0.3 is 0 Å². The van der Waals surface area contributed by atoms with Gasteiger partial charge in [0.05, 0.1) is 11.1 Å². The Bertz CT molecular complexity index is 780. The van der Waals surface area contributed by atoms with Gasteiger partial charge in [0.2, 0.25) is 0 Å². The van der Waals surface area contributed by atoms with Gasteiger partial charge in [0.15, 0.2) is 5.16 Å². The predicted molar refractivity (Wildman–Crippen MR) is 82.5 cm³/mol. The quantitative estimate of drug-likeness (QED) is 0.546. The molecule has 0 N–H and O–H groups in total. The Labute approximate surface area is 129 Å². The molecule has 3 heterocycles. The molecule has 0 aromatic carbocycles. The molecule has 0 fully saturated rings. The van der Waals surface area contributed by atoms with E-state index in [1.807, 2.05) is 11.6 Å². The molecular weight excluding hydrogens is 314 g/mol. The highest BCUT2D eigenvalue weighted by molar-refractivity contribution is 7.98. The predicted octanol–water partition coefficient (Wildman–Crippen LogP) is 3.38. The Hall–Kier alpha value is -1.18. The van der Waals surface area contributed by atoms with E-state index < -0.39 is 0 Å². The third-order valence-corrected chi connectivity index (χ3v) is 5.44. The molecule has 0 aliphatic rings. The third kappa shape index (κ3) is 2.41.